The van der Waals surface area contributed by atoms with Crippen molar-refractivity contribution in [3.05, 3.63) is 46.7 Å². The maximum atomic E-state index is 12.0. The van der Waals surface area contributed by atoms with E-state index in [0.717, 1.165) is 73.1 Å². The van der Waals surface area contributed by atoms with Gasteiger partial charge in [-0.1, -0.05) is 0 Å². The molecule has 11 nitrogen and oxygen atoms in total. The van der Waals surface area contributed by atoms with Gasteiger partial charge in [0, 0.05) is 44.7 Å². The number of hydrogen-bond donors (Lipinski definition) is 0. The summed E-state index contributed by atoms with van der Waals surface area (Å²) in [6.07, 6.45) is 6.77. The Labute approximate surface area is 218 Å². The summed E-state index contributed by atoms with van der Waals surface area (Å²) < 4.78 is 11.1. The van der Waals surface area contributed by atoms with Crippen molar-refractivity contribution in [2.75, 3.05) is 20.1 Å². The second kappa shape index (κ2) is 10.8. The number of nitrogens with zero attached hydrogens (tertiary/aromatic N) is 8. The molecular formula is C26H38N8O3. The van der Waals surface area contributed by atoms with Crippen LogP contribution in [0.3, 0.4) is 0 Å². The molecule has 6 rings (SSSR count). The number of hydrogen-bond acceptors (Lipinski definition) is 6. The molecule has 0 saturated carbocycles. The third kappa shape index (κ3) is 5.40. The largest absolute Gasteiger partial charge is 0.475 e. The number of fused-ring (bicyclic) bond motifs is 3. The van der Waals surface area contributed by atoms with Crippen LogP contribution in [0.25, 0.3) is 0 Å². The van der Waals surface area contributed by atoms with Crippen molar-refractivity contribution in [3.63, 3.8) is 0 Å². The smallest absolute Gasteiger partial charge is 0.272 e. The Hall–Kier alpha value is -3.63. The van der Waals surface area contributed by atoms with Crippen LogP contribution in [-0.2, 0) is 19.6 Å². The molecule has 0 N–H and O–H groups in total. The van der Waals surface area contributed by atoms with E-state index in [1.165, 1.54) is 0 Å². The van der Waals surface area contributed by atoms with Gasteiger partial charge in [-0.05, 0) is 52.7 Å². The van der Waals surface area contributed by atoms with E-state index >= 15 is 0 Å². The van der Waals surface area contributed by atoms with Gasteiger partial charge in [-0.25, -0.2) is 4.68 Å². The highest BCUT2D eigenvalue weighted by Crippen LogP contribution is 2.23. The van der Waals surface area contributed by atoms with Gasteiger partial charge in [-0.15, -0.1) is 0 Å². The molecule has 1 unspecified atom stereocenters. The second-order valence-electron chi connectivity index (χ2n) is 10.2. The van der Waals surface area contributed by atoms with Crippen LogP contribution >= 0.6 is 0 Å². The molecule has 0 saturated heterocycles. The Morgan fingerprint density at radius 1 is 0.784 bits per heavy atom. The summed E-state index contributed by atoms with van der Waals surface area (Å²) >= 11 is 0. The lowest BCUT2D eigenvalue weighted by Crippen LogP contribution is -2.44. The quantitative estimate of drug-likeness (QED) is 0.499. The Balaban J connectivity index is 0.000000131. The SMILES string of the molecule is Cc1cnn2c1C(=O)N(C(C)C)CC2.Cc1cnn2c1C(=O)N(C)CC2.Cc1cnn2c1OC(C)CC2. The molecule has 2 amide bonds. The van der Waals surface area contributed by atoms with Crippen molar-refractivity contribution in [3.8, 4) is 5.88 Å². The van der Waals surface area contributed by atoms with Crippen molar-refractivity contribution in [1.82, 2.24) is 39.1 Å². The molecule has 0 fully saturated rings. The summed E-state index contributed by atoms with van der Waals surface area (Å²) in [5.74, 6) is 1.14. The van der Waals surface area contributed by atoms with Gasteiger partial charge in [-0.2, -0.15) is 15.3 Å². The Bertz CT molecular complexity index is 1270. The first-order valence-corrected chi connectivity index (χ1v) is 12.9. The predicted octanol–water partition coefficient (Wildman–Crippen LogP) is 2.70. The zero-order valence-corrected chi connectivity index (χ0v) is 22.9. The molecule has 3 aliphatic heterocycles. The first kappa shape index (κ1) is 26.4. The molecular weight excluding hydrogens is 472 g/mol. The Morgan fingerprint density at radius 3 is 1.95 bits per heavy atom. The molecule has 3 aromatic rings. The summed E-state index contributed by atoms with van der Waals surface area (Å²) in [5.41, 5.74) is 4.57. The number of ether oxygens (including phenoxy) is 1. The molecule has 37 heavy (non-hydrogen) atoms. The highest BCUT2D eigenvalue weighted by molar-refractivity contribution is 5.95. The van der Waals surface area contributed by atoms with Gasteiger partial charge in [0.1, 0.15) is 11.4 Å². The predicted molar refractivity (Wildman–Crippen MR) is 139 cm³/mol. The van der Waals surface area contributed by atoms with Crippen LogP contribution in [0.1, 0.15) is 64.9 Å². The lowest BCUT2D eigenvalue weighted by Gasteiger charge is -2.31. The van der Waals surface area contributed by atoms with Crippen molar-refractivity contribution in [2.45, 2.75) is 79.7 Å². The number of likely N-dealkylation sites (N-methyl/N-ethyl adjacent to an activating group) is 1. The zero-order chi connectivity index (χ0) is 26.9. The number of amides is 2. The van der Waals surface area contributed by atoms with Gasteiger partial charge < -0.3 is 14.5 Å². The highest BCUT2D eigenvalue weighted by Gasteiger charge is 2.28. The minimum atomic E-state index is 0.0799. The first-order chi connectivity index (χ1) is 17.6. The molecule has 11 heteroatoms. The minimum absolute atomic E-state index is 0.0799. The summed E-state index contributed by atoms with van der Waals surface area (Å²) in [6.45, 7) is 16.2. The van der Waals surface area contributed by atoms with Crippen molar-refractivity contribution >= 4 is 11.8 Å². The first-order valence-electron chi connectivity index (χ1n) is 12.9. The van der Waals surface area contributed by atoms with Gasteiger partial charge in [0.05, 0.1) is 37.8 Å². The Morgan fingerprint density at radius 2 is 1.32 bits per heavy atom. The molecule has 0 bridgehead atoms. The fourth-order valence-electron chi connectivity index (χ4n) is 4.65. The minimum Gasteiger partial charge on any atom is -0.475 e. The van der Waals surface area contributed by atoms with E-state index in [1.807, 2.05) is 57.4 Å². The summed E-state index contributed by atoms with van der Waals surface area (Å²) in [7, 11) is 1.82. The molecule has 3 aliphatic rings. The molecule has 3 aromatic heterocycles. The zero-order valence-electron chi connectivity index (χ0n) is 22.9. The van der Waals surface area contributed by atoms with E-state index in [-0.39, 0.29) is 17.9 Å². The summed E-state index contributed by atoms with van der Waals surface area (Å²) in [6, 6.07) is 0.269. The van der Waals surface area contributed by atoms with Gasteiger partial charge >= 0.3 is 0 Å². The topological polar surface area (TPSA) is 103 Å². The van der Waals surface area contributed by atoms with E-state index in [9.17, 15) is 9.59 Å². The molecule has 200 valence electrons. The van der Waals surface area contributed by atoms with E-state index in [2.05, 4.69) is 22.2 Å². The molecule has 0 aliphatic carbocycles. The second-order valence-corrected chi connectivity index (χ2v) is 10.2. The van der Waals surface area contributed by atoms with Crippen LogP contribution in [0, 0.1) is 20.8 Å². The monoisotopic (exact) mass is 510 g/mol. The summed E-state index contributed by atoms with van der Waals surface area (Å²) in [4.78, 5) is 27.2. The van der Waals surface area contributed by atoms with Crippen LogP contribution in [-0.4, -0.2) is 83.2 Å². The van der Waals surface area contributed by atoms with E-state index in [1.54, 1.807) is 26.7 Å². The van der Waals surface area contributed by atoms with E-state index in [4.69, 9.17) is 4.74 Å². The van der Waals surface area contributed by atoms with Gasteiger partial charge in [-0.3, -0.25) is 19.0 Å². The molecule has 0 radical (unpaired) electrons. The average Bonchev–Trinajstić information content (AvgIpc) is 3.55. The fourth-order valence-corrected chi connectivity index (χ4v) is 4.65. The highest BCUT2D eigenvalue weighted by atomic mass is 16.5. The number of carbonyl (C=O) groups is 2. The maximum Gasteiger partial charge on any atom is 0.272 e. The maximum absolute atomic E-state index is 12.0. The van der Waals surface area contributed by atoms with Crippen molar-refractivity contribution in [1.29, 1.82) is 0 Å². The Kier molecular flexibility index (Phi) is 7.70. The van der Waals surface area contributed by atoms with E-state index < -0.39 is 0 Å². The van der Waals surface area contributed by atoms with Gasteiger partial charge in [0.2, 0.25) is 5.88 Å². The lowest BCUT2D eigenvalue weighted by atomic mass is 10.2. The molecule has 1 atom stereocenters. The van der Waals surface area contributed by atoms with Crippen molar-refractivity contribution in [2.24, 2.45) is 0 Å². The fraction of sp³-hybridized carbons (Fsp3) is 0.577. The summed E-state index contributed by atoms with van der Waals surface area (Å²) in [5, 5.41) is 12.5. The third-order valence-electron chi connectivity index (χ3n) is 6.90. The normalized spacial score (nSPS) is 18.2. The number of carbonyl (C=O) groups excluding carboxylic acids is 2. The van der Waals surface area contributed by atoms with Crippen LogP contribution in [0.5, 0.6) is 5.88 Å². The van der Waals surface area contributed by atoms with E-state index in [0.29, 0.717) is 6.10 Å². The van der Waals surface area contributed by atoms with Crippen LogP contribution in [0.15, 0.2) is 18.6 Å². The molecule has 0 spiro atoms. The number of aromatic nitrogens is 6. The van der Waals surface area contributed by atoms with Gasteiger partial charge in [0.25, 0.3) is 11.8 Å². The van der Waals surface area contributed by atoms with Crippen LogP contribution < -0.4 is 4.74 Å². The molecule has 0 aromatic carbocycles. The van der Waals surface area contributed by atoms with Crippen LogP contribution in [0.2, 0.25) is 0 Å². The lowest BCUT2D eigenvalue weighted by molar-refractivity contribution is 0.0640. The average molecular weight is 511 g/mol. The number of aryl methyl sites for hydroxylation is 4. The van der Waals surface area contributed by atoms with Gasteiger partial charge in [0.15, 0.2) is 0 Å². The third-order valence-corrected chi connectivity index (χ3v) is 6.90. The van der Waals surface area contributed by atoms with Crippen molar-refractivity contribution < 1.29 is 14.3 Å². The number of rotatable bonds is 1. The van der Waals surface area contributed by atoms with Crippen LogP contribution in [0.4, 0.5) is 0 Å². The molecule has 6 heterocycles. The standard InChI is InChI=1S/C10H15N3O.C8H11N3O.C8H12N2O/c1-7(2)12-4-5-13-9(10(12)14)8(3)6-11-13;1-6-5-9-11-4-3-10(2)8(12)7(6)11;1-6-5-9-10-4-3-7(2)11-8(6)10/h6-7H,4-5H2,1-3H3;5H,3-4H2,1-2H3;5,7H,3-4H2,1-2H3.